The van der Waals surface area contributed by atoms with Gasteiger partial charge in [0.05, 0.1) is 25.2 Å². The van der Waals surface area contributed by atoms with Gasteiger partial charge in [0.15, 0.2) is 17.0 Å². The van der Waals surface area contributed by atoms with Gasteiger partial charge in [-0.15, -0.1) is 0 Å². The quantitative estimate of drug-likeness (QED) is 0.0574. The Kier molecular flexibility index (Phi) is 16.2. The second-order valence-corrected chi connectivity index (χ2v) is 15.3. The first-order chi connectivity index (χ1) is 25.9. The molecule has 2 aromatic rings. The average molecular weight is 766 g/mol. The summed E-state index contributed by atoms with van der Waals surface area (Å²) >= 11 is 5.78. The maximum atomic E-state index is 14.8. The molecule has 2 heterocycles. The number of rotatable bonds is 23. The van der Waals surface area contributed by atoms with Crippen molar-refractivity contribution < 1.29 is 43.9 Å². The van der Waals surface area contributed by atoms with Gasteiger partial charge < -0.3 is 29.5 Å². The van der Waals surface area contributed by atoms with Crippen LogP contribution in [-0.2, 0) is 34.2 Å². The van der Waals surface area contributed by atoms with Crippen LogP contribution >= 0.6 is 12.2 Å². The molecule has 296 valence electrons. The number of hydrogen-bond acceptors (Lipinski definition) is 8. The molecule has 0 spiro atoms. The van der Waals surface area contributed by atoms with E-state index in [1.165, 1.54) is 36.7 Å². The summed E-state index contributed by atoms with van der Waals surface area (Å²) in [5, 5.41) is 31.4. The molecule has 4 rings (SSSR count). The normalized spacial score (nSPS) is 19.5. The Morgan fingerprint density at radius 2 is 1.41 bits per heavy atom. The molecular formula is C43H59NO9S. The van der Waals surface area contributed by atoms with Crippen molar-refractivity contribution in [3.05, 3.63) is 83.9 Å². The number of aliphatic carboxylic acids is 2. The van der Waals surface area contributed by atoms with E-state index < -0.39 is 59.6 Å². The van der Waals surface area contributed by atoms with Gasteiger partial charge >= 0.3 is 11.9 Å². The molecule has 2 aromatic carbocycles. The smallest absolute Gasteiger partial charge is 0.336 e. The third kappa shape index (κ3) is 10.4. The van der Waals surface area contributed by atoms with Crippen molar-refractivity contribution in [1.29, 1.82) is 0 Å². The predicted molar refractivity (Wildman–Crippen MR) is 211 cm³/mol. The van der Waals surface area contributed by atoms with Crippen molar-refractivity contribution in [3.8, 4) is 0 Å². The summed E-state index contributed by atoms with van der Waals surface area (Å²) < 4.78 is 18.7. The topological polar surface area (TPSA) is 143 Å². The standard InChI is InChI=1S/C43H59NO9S/c1-4-5-6-10-19-27-41(51-30-31-52-41)28-20-11-8-7-9-18-25-35(42(50,39(48)49)29-26-36(45)46)38(47)44-37(32(2)3)43(53-40(44)54,33-21-14-12-15-22-33)34-23-16-13-17-24-34/h12-18,21-25,32,35,37,50H,4-11,19-20,26-31H2,1-3H3,(H,45,46)(H,48,49)/t35-,37?,42?/m1/s1. The molecule has 11 heteroatoms. The highest BCUT2D eigenvalue weighted by Gasteiger charge is 2.60. The lowest BCUT2D eigenvalue weighted by Crippen LogP contribution is -2.57. The predicted octanol–water partition coefficient (Wildman–Crippen LogP) is 8.40. The minimum atomic E-state index is -2.72. The zero-order chi connectivity index (χ0) is 39.2. The van der Waals surface area contributed by atoms with Gasteiger partial charge in [0, 0.05) is 30.4 Å². The number of carbonyl (C=O) groups is 3. The molecule has 54 heavy (non-hydrogen) atoms. The first-order valence-electron chi connectivity index (χ1n) is 19.7. The van der Waals surface area contributed by atoms with Crippen LogP contribution in [0.1, 0.15) is 122 Å². The van der Waals surface area contributed by atoms with Gasteiger partial charge in [-0.25, -0.2) is 4.79 Å². The molecule has 1 amide bonds. The number of hydrogen-bond donors (Lipinski definition) is 3. The van der Waals surface area contributed by atoms with Crippen molar-refractivity contribution in [1.82, 2.24) is 4.90 Å². The fourth-order valence-electron chi connectivity index (χ4n) is 7.97. The molecule has 10 nitrogen and oxygen atoms in total. The largest absolute Gasteiger partial charge is 0.481 e. The van der Waals surface area contributed by atoms with Crippen LogP contribution in [-0.4, -0.2) is 73.9 Å². The number of aliphatic hydroxyl groups is 1. The number of benzene rings is 2. The van der Waals surface area contributed by atoms with E-state index in [4.69, 9.17) is 26.4 Å². The molecule has 0 aliphatic carbocycles. The fraction of sp³-hybridized carbons (Fsp3) is 0.581. The Balaban J connectivity index is 1.53. The molecule has 0 bridgehead atoms. The summed E-state index contributed by atoms with van der Waals surface area (Å²) in [6, 6.07) is 18.1. The number of amides is 1. The van der Waals surface area contributed by atoms with Crippen LogP contribution in [0.2, 0.25) is 0 Å². The van der Waals surface area contributed by atoms with E-state index in [-0.39, 0.29) is 11.1 Å². The summed E-state index contributed by atoms with van der Waals surface area (Å²) in [4.78, 5) is 40.5. The molecule has 2 unspecified atom stereocenters. The molecular weight excluding hydrogens is 707 g/mol. The average Bonchev–Trinajstić information content (AvgIpc) is 3.76. The van der Waals surface area contributed by atoms with Crippen LogP contribution in [0.25, 0.3) is 0 Å². The number of unbranched alkanes of at least 4 members (excludes halogenated alkanes) is 8. The summed E-state index contributed by atoms with van der Waals surface area (Å²) in [6.07, 6.45) is 13.6. The molecule has 0 saturated carbocycles. The van der Waals surface area contributed by atoms with E-state index in [0.717, 1.165) is 56.1 Å². The highest BCUT2D eigenvalue weighted by atomic mass is 32.1. The monoisotopic (exact) mass is 765 g/mol. The minimum Gasteiger partial charge on any atom is -0.481 e. The number of allylic oxidation sites excluding steroid dienone is 1. The van der Waals surface area contributed by atoms with Crippen molar-refractivity contribution in [2.75, 3.05) is 13.2 Å². The third-order valence-corrected chi connectivity index (χ3v) is 11.0. The SMILES string of the molecule is CCCCCCCC1(CCCCCCC=C[C@H](C(=O)N2C(=S)OC(c3ccccc3)(c3ccccc3)C2C(C)C)C(O)(CCC(=O)O)C(=O)O)OCCO1. The number of nitrogens with zero attached hydrogens (tertiary/aromatic N) is 1. The van der Waals surface area contributed by atoms with Crippen LogP contribution in [0.3, 0.4) is 0 Å². The van der Waals surface area contributed by atoms with Crippen molar-refractivity contribution in [3.63, 3.8) is 0 Å². The van der Waals surface area contributed by atoms with E-state index in [0.29, 0.717) is 19.6 Å². The number of carboxylic acids is 2. The first-order valence-corrected chi connectivity index (χ1v) is 20.1. The second-order valence-electron chi connectivity index (χ2n) is 15.0. The van der Waals surface area contributed by atoms with E-state index in [1.807, 2.05) is 74.5 Å². The van der Waals surface area contributed by atoms with Crippen molar-refractivity contribution in [2.24, 2.45) is 11.8 Å². The van der Waals surface area contributed by atoms with Gasteiger partial charge in [0.25, 0.3) is 5.17 Å². The lowest BCUT2D eigenvalue weighted by Gasteiger charge is -2.39. The molecule has 3 N–H and O–H groups in total. The Labute approximate surface area is 325 Å². The number of thiocarbonyl (C=S) groups is 1. The second kappa shape index (κ2) is 20.3. The minimum absolute atomic E-state index is 0.148. The molecule has 2 saturated heterocycles. The van der Waals surface area contributed by atoms with Gasteiger partial charge in [-0.05, 0) is 50.2 Å². The van der Waals surface area contributed by atoms with E-state index in [2.05, 4.69) is 6.92 Å². The highest BCUT2D eigenvalue weighted by Crippen LogP contribution is 2.48. The number of ether oxygens (including phenoxy) is 3. The molecule has 3 atom stereocenters. The summed E-state index contributed by atoms with van der Waals surface area (Å²) in [6.45, 7) is 7.32. The maximum Gasteiger partial charge on any atom is 0.336 e. The lowest BCUT2D eigenvalue weighted by atomic mass is 9.75. The summed E-state index contributed by atoms with van der Waals surface area (Å²) in [5.41, 5.74) is -2.45. The summed E-state index contributed by atoms with van der Waals surface area (Å²) in [7, 11) is 0. The Bertz CT molecular complexity index is 1500. The van der Waals surface area contributed by atoms with E-state index >= 15 is 0 Å². The first kappa shape index (κ1) is 43.1. The molecule has 0 radical (unpaired) electrons. The van der Waals surface area contributed by atoms with Gasteiger partial charge in [-0.1, -0.05) is 132 Å². The molecule has 0 aromatic heterocycles. The Morgan fingerprint density at radius 3 is 1.91 bits per heavy atom. The van der Waals surface area contributed by atoms with E-state index in [1.54, 1.807) is 6.08 Å². The number of carbonyl (C=O) groups excluding carboxylic acids is 1. The third-order valence-electron chi connectivity index (χ3n) is 10.8. The molecule has 2 aliphatic rings. The van der Waals surface area contributed by atoms with Gasteiger partial charge in [-0.3, -0.25) is 14.5 Å². The van der Waals surface area contributed by atoms with E-state index in [9.17, 15) is 29.7 Å². The van der Waals surface area contributed by atoms with Crippen molar-refractivity contribution >= 4 is 35.2 Å². The van der Waals surface area contributed by atoms with Gasteiger partial charge in [-0.2, -0.15) is 0 Å². The van der Waals surface area contributed by atoms with Crippen LogP contribution < -0.4 is 0 Å². The van der Waals surface area contributed by atoms with Crippen molar-refractivity contribution in [2.45, 2.75) is 134 Å². The van der Waals surface area contributed by atoms with Crippen LogP contribution in [0, 0.1) is 11.8 Å². The van der Waals surface area contributed by atoms with Gasteiger partial charge in [0.2, 0.25) is 5.91 Å². The van der Waals surface area contributed by atoms with Crippen LogP contribution in [0.15, 0.2) is 72.8 Å². The van der Waals surface area contributed by atoms with Gasteiger partial charge in [0.1, 0.15) is 0 Å². The zero-order valence-corrected chi connectivity index (χ0v) is 32.9. The highest BCUT2D eigenvalue weighted by molar-refractivity contribution is 7.80. The number of carboxylic acid groups (broad SMARTS) is 2. The van der Waals surface area contributed by atoms with Crippen LogP contribution in [0.4, 0.5) is 0 Å². The maximum absolute atomic E-state index is 14.8. The van der Waals surface area contributed by atoms with Crippen LogP contribution in [0.5, 0.6) is 0 Å². The fourth-order valence-corrected chi connectivity index (χ4v) is 8.31. The lowest BCUT2D eigenvalue weighted by molar-refractivity contribution is -0.170. The molecule has 2 fully saturated rings. The molecule has 2 aliphatic heterocycles. The Hall–Kier alpha value is -3.64. The zero-order valence-electron chi connectivity index (χ0n) is 32.1. The summed E-state index contributed by atoms with van der Waals surface area (Å²) in [5.74, 6) is -6.13. The Morgan fingerprint density at radius 1 is 0.870 bits per heavy atom.